The Bertz CT molecular complexity index is 1020. The number of fused-ring (bicyclic) bond motifs is 1. The Morgan fingerprint density at radius 1 is 1.31 bits per heavy atom. The molecule has 0 aliphatic heterocycles. The fraction of sp³-hybridized carbons (Fsp3) is 0.316. The van der Waals surface area contributed by atoms with Gasteiger partial charge in [-0.3, -0.25) is 18.9 Å². The number of carbonyl (C=O) groups is 1. The van der Waals surface area contributed by atoms with E-state index in [1.54, 1.807) is 22.6 Å². The summed E-state index contributed by atoms with van der Waals surface area (Å²) >= 11 is 1.49. The van der Waals surface area contributed by atoms with E-state index >= 15 is 0 Å². The second kappa shape index (κ2) is 6.66. The summed E-state index contributed by atoms with van der Waals surface area (Å²) in [6.45, 7) is 3.32. The molecule has 7 heteroatoms. The van der Waals surface area contributed by atoms with Crippen LogP contribution in [0.1, 0.15) is 40.2 Å². The van der Waals surface area contributed by atoms with E-state index in [1.807, 2.05) is 24.4 Å². The van der Waals surface area contributed by atoms with Crippen LogP contribution in [0.2, 0.25) is 0 Å². The number of hydrogen-bond acceptors (Lipinski definition) is 5. The van der Waals surface area contributed by atoms with Gasteiger partial charge < -0.3 is 5.73 Å². The monoisotopic (exact) mass is 368 g/mol. The molecule has 1 aliphatic rings. The third-order valence-corrected chi connectivity index (χ3v) is 5.62. The lowest BCUT2D eigenvalue weighted by atomic mass is 10.1. The Balaban J connectivity index is 1.56. The van der Waals surface area contributed by atoms with Gasteiger partial charge in [0, 0.05) is 41.8 Å². The van der Waals surface area contributed by atoms with Crippen LogP contribution in [0.15, 0.2) is 40.5 Å². The fourth-order valence-electron chi connectivity index (χ4n) is 3.15. The van der Waals surface area contributed by atoms with E-state index in [-0.39, 0.29) is 5.56 Å². The molecule has 3 aromatic rings. The lowest BCUT2D eigenvalue weighted by Crippen LogP contribution is -2.27. The molecule has 0 bridgehead atoms. The summed E-state index contributed by atoms with van der Waals surface area (Å²) in [7, 11) is 0. The first kappa shape index (κ1) is 16.9. The number of thiazole rings is 1. The summed E-state index contributed by atoms with van der Waals surface area (Å²) in [4.78, 5) is 31.3. The van der Waals surface area contributed by atoms with Crippen molar-refractivity contribution < 1.29 is 4.79 Å². The van der Waals surface area contributed by atoms with Crippen LogP contribution in [0.5, 0.6) is 0 Å². The van der Waals surface area contributed by atoms with Crippen LogP contribution in [0.25, 0.3) is 4.96 Å². The van der Waals surface area contributed by atoms with E-state index in [2.05, 4.69) is 9.88 Å². The molecule has 1 fully saturated rings. The molecule has 0 unspecified atom stereocenters. The summed E-state index contributed by atoms with van der Waals surface area (Å²) in [5, 5.41) is 1.95. The van der Waals surface area contributed by atoms with Gasteiger partial charge in [0.25, 0.3) is 5.56 Å². The number of benzene rings is 1. The zero-order valence-corrected chi connectivity index (χ0v) is 15.3. The van der Waals surface area contributed by atoms with Crippen LogP contribution in [-0.4, -0.2) is 26.2 Å². The number of carbonyl (C=O) groups excluding carboxylic acids is 1. The highest BCUT2D eigenvalue weighted by atomic mass is 32.1. The van der Waals surface area contributed by atoms with Gasteiger partial charge in [-0.25, -0.2) is 4.98 Å². The van der Waals surface area contributed by atoms with Gasteiger partial charge >= 0.3 is 0 Å². The van der Waals surface area contributed by atoms with Crippen molar-refractivity contribution >= 4 is 22.2 Å². The van der Waals surface area contributed by atoms with E-state index in [0.717, 1.165) is 28.5 Å². The average Bonchev–Trinajstić information content (AvgIpc) is 3.38. The van der Waals surface area contributed by atoms with Crippen LogP contribution in [0, 0.1) is 6.92 Å². The predicted octanol–water partition coefficient (Wildman–Crippen LogP) is 2.33. The van der Waals surface area contributed by atoms with Crippen molar-refractivity contribution in [3.63, 3.8) is 0 Å². The van der Waals surface area contributed by atoms with Crippen molar-refractivity contribution in [2.45, 2.75) is 38.9 Å². The smallest absolute Gasteiger partial charge is 0.259 e. The van der Waals surface area contributed by atoms with Gasteiger partial charge in [0.15, 0.2) is 4.96 Å². The molecule has 0 atom stereocenters. The topological polar surface area (TPSA) is 80.7 Å². The summed E-state index contributed by atoms with van der Waals surface area (Å²) in [5.74, 6) is -0.417. The normalized spacial score (nSPS) is 14.2. The van der Waals surface area contributed by atoms with E-state index in [4.69, 9.17) is 5.73 Å². The molecular weight excluding hydrogens is 348 g/mol. The van der Waals surface area contributed by atoms with Crippen LogP contribution in [0.3, 0.4) is 0 Å². The van der Waals surface area contributed by atoms with Crippen molar-refractivity contribution in [1.82, 2.24) is 14.3 Å². The summed E-state index contributed by atoms with van der Waals surface area (Å²) in [6.07, 6.45) is 2.33. The van der Waals surface area contributed by atoms with Gasteiger partial charge in [-0.05, 0) is 37.5 Å². The molecule has 2 aromatic heterocycles. The zero-order chi connectivity index (χ0) is 18.3. The van der Waals surface area contributed by atoms with Crippen LogP contribution in [-0.2, 0) is 13.1 Å². The molecule has 134 valence electrons. The minimum atomic E-state index is -0.417. The van der Waals surface area contributed by atoms with Crippen molar-refractivity contribution in [2.75, 3.05) is 0 Å². The van der Waals surface area contributed by atoms with Gasteiger partial charge in [-0.2, -0.15) is 0 Å². The van der Waals surface area contributed by atoms with Crippen LogP contribution >= 0.6 is 11.3 Å². The number of nitrogens with zero attached hydrogens (tertiary/aromatic N) is 3. The van der Waals surface area contributed by atoms with Crippen molar-refractivity contribution in [3.05, 3.63) is 68.6 Å². The van der Waals surface area contributed by atoms with Crippen molar-refractivity contribution in [3.8, 4) is 0 Å². The second-order valence-electron chi connectivity index (χ2n) is 6.78. The fourth-order valence-corrected chi connectivity index (χ4v) is 4.04. The summed E-state index contributed by atoms with van der Waals surface area (Å²) < 4.78 is 1.65. The van der Waals surface area contributed by atoms with Gasteiger partial charge in [0.1, 0.15) is 0 Å². The molecule has 1 aliphatic carbocycles. The highest BCUT2D eigenvalue weighted by Gasteiger charge is 2.29. The largest absolute Gasteiger partial charge is 0.366 e. The molecule has 0 radical (unpaired) electrons. The highest BCUT2D eigenvalue weighted by Crippen LogP contribution is 2.29. The molecule has 0 spiro atoms. The van der Waals surface area contributed by atoms with E-state index in [9.17, 15) is 9.59 Å². The molecule has 6 nitrogen and oxygen atoms in total. The quantitative estimate of drug-likeness (QED) is 0.724. The molecule has 2 heterocycles. The molecule has 4 rings (SSSR count). The summed E-state index contributed by atoms with van der Waals surface area (Å²) in [5.41, 5.74) is 8.63. The number of aromatic nitrogens is 2. The maximum absolute atomic E-state index is 12.4. The van der Waals surface area contributed by atoms with Gasteiger partial charge in [0.2, 0.25) is 5.91 Å². The Kier molecular flexibility index (Phi) is 4.34. The maximum atomic E-state index is 12.4. The molecule has 26 heavy (non-hydrogen) atoms. The molecule has 1 amide bonds. The lowest BCUT2D eigenvalue weighted by molar-refractivity contribution is 0.100. The SMILES string of the molecule is Cc1csc2nc(CN(Cc3ccc(C(N)=O)cc3)C3CC3)cc(=O)n12. The maximum Gasteiger partial charge on any atom is 0.259 e. The Morgan fingerprint density at radius 3 is 2.69 bits per heavy atom. The molecule has 2 N–H and O–H groups in total. The first-order valence-electron chi connectivity index (χ1n) is 8.61. The summed E-state index contributed by atoms with van der Waals surface area (Å²) in [6, 6.07) is 9.55. The standard InChI is InChI=1S/C19H20N4O2S/c1-12-11-26-19-21-15(8-17(24)23(12)19)10-22(16-6-7-16)9-13-2-4-14(5-3-13)18(20)25/h2-5,8,11,16H,6-7,9-10H2,1H3,(H2,20,25). The van der Waals surface area contributed by atoms with Crippen molar-refractivity contribution in [1.29, 1.82) is 0 Å². The van der Waals surface area contributed by atoms with Gasteiger partial charge in [-0.1, -0.05) is 12.1 Å². The van der Waals surface area contributed by atoms with E-state index < -0.39 is 5.91 Å². The number of aryl methyl sites for hydroxylation is 1. The lowest BCUT2D eigenvalue weighted by Gasteiger charge is -2.21. The first-order chi connectivity index (χ1) is 12.5. The Labute approximate surface area is 154 Å². The van der Waals surface area contributed by atoms with Crippen molar-refractivity contribution in [2.24, 2.45) is 5.73 Å². The molecular formula is C19H20N4O2S. The average molecular weight is 368 g/mol. The third-order valence-electron chi connectivity index (χ3n) is 4.68. The van der Waals surface area contributed by atoms with E-state index in [1.165, 1.54) is 24.2 Å². The van der Waals surface area contributed by atoms with Gasteiger partial charge in [-0.15, -0.1) is 11.3 Å². The van der Waals surface area contributed by atoms with E-state index in [0.29, 0.717) is 18.2 Å². The Morgan fingerprint density at radius 2 is 2.04 bits per heavy atom. The Hall–Kier alpha value is -2.51. The highest BCUT2D eigenvalue weighted by molar-refractivity contribution is 7.15. The molecule has 1 saturated carbocycles. The van der Waals surface area contributed by atoms with Crippen LogP contribution in [0.4, 0.5) is 0 Å². The molecule has 0 saturated heterocycles. The van der Waals surface area contributed by atoms with Gasteiger partial charge in [0.05, 0.1) is 5.69 Å². The molecule has 1 aromatic carbocycles. The predicted molar refractivity (Wildman–Crippen MR) is 101 cm³/mol. The third kappa shape index (κ3) is 3.40. The minimum Gasteiger partial charge on any atom is -0.366 e. The first-order valence-corrected chi connectivity index (χ1v) is 9.49. The number of hydrogen-bond donors (Lipinski definition) is 1. The minimum absolute atomic E-state index is 0.0229. The number of rotatable bonds is 6. The number of primary amides is 1. The zero-order valence-electron chi connectivity index (χ0n) is 14.5. The number of amides is 1. The second-order valence-corrected chi connectivity index (χ2v) is 7.61. The number of nitrogens with two attached hydrogens (primary N) is 1. The van der Waals surface area contributed by atoms with Crippen LogP contribution < -0.4 is 11.3 Å².